The summed E-state index contributed by atoms with van der Waals surface area (Å²) in [6.07, 6.45) is 19.9. The molecule has 0 aliphatic heterocycles. The fourth-order valence-electron chi connectivity index (χ4n) is 5.53. The zero-order valence-electron chi connectivity index (χ0n) is 23.1. The highest BCUT2D eigenvalue weighted by Gasteiger charge is 2.22. The van der Waals surface area contributed by atoms with Gasteiger partial charge in [-0.05, 0) is 80.2 Å². The van der Waals surface area contributed by atoms with Crippen LogP contribution in [0.15, 0.2) is 54.6 Å². The lowest BCUT2D eigenvalue weighted by molar-refractivity contribution is 0.0724. The minimum Gasteiger partial charge on any atom is -0.488 e. The minimum absolute atomic E-state index is 0.0526. The molecule has 0 amide bonds. The molecule has 0 spiro atoms. The highest BCUT2D eigenvalue weighted by atomic mass is 16.7. The molecule has 200 valence electrons. The fraction of sp³-hybridized carbons (Fsp3) is 0.636. The van der Waals surface area contributed by atoms with Crippen molar-refractivity contribution in [3.05, 3.63) is 60.2 Å². The van der Waals surface area contributed by atoms with Gasteiger partial charge in [0.05, 0.1) is 5.69 Å². The Morgan fingerprint density at radius 2 is 1.42 bits per heavy atom. The van der Waals surface area contributed by atoms with Crippen molar-refractivity contribution in [3.63, 3.8) is 0 Å². The second-order valence-corrected chi connectivity index (χ2v) is 10.9. The smallest absolute Gasteiger partial charge is 0.125 e. The minimum atomic E-state index is 0.0526. The first-order chi connectivity index (χ1) is 17.8. The van der Waals surface area contributed by atoms with Crippen molar-refractivity contribution in [2.45, 2.75) is 122 Å². The molecule has 0 heterocycles. The summed E-state index contributed by atoms with van der Waals surface area (Å²) in [6, 6.07) is 19.0. The number of benzene rings is 2. The number of para-hydroxylation sites is 1. The predicted octanol–water partition coefficient (Wildman–Crippen LogP) is 10.1. The van der Waals surface area contributed by atoms with Crippen LogP contribution < -0.4 is 10.2 Å². The van der Waals surface area contributed by atoms with Gasteiger partial charge in [0.25, 0.3) is 0 Å². The number of ether oxygens (including phenoxy) is 1. The van der Waals surface area contributed by atoms with Gasteiger partial charge in [-0.1, -0.05) is 102 Å². The molecule has 3 rings (SSSR count). The highest BCUT2D eigenvalue weighted by Crippen LogP contribution is 2.38. The SMILES string of the molecule is CCCCCCCCC(CONc1ccccc1)Oc1ccc(C2CCC(CCCCC)CC2)cc1. The van der Waals surface area contributed by atoms with Crippen molar-refractivity contribution in [3.8, 4) is 5.75 Å². The second-order valence-electron chi connectivity index (χ2n) is 10.9. The van der Waals surface area contributed by atoms with Crippen LogP contribution >= 0.6 is 0 Å². The van der Waals surface area contributed by atoms with Crippen LogP contribution in [0.3, 0.4) is 0 Å². The Balaban J connectivity index is 1.46. The van der Waals surface area contributed by atoms with E-state index in [0.29, 0.717) is 6.61 Å². The van der Waals surface area contributed by atoms with Crippen molar-refractivity contribution < 1.29 is 9.57 Å². The van der Waals surface area contributed by atoms with E-state index in [0.717, 1.165) is 29.7 Å². The molecule has 0 bridgehead atoms. The quantitative estimate of drug-likeness (QED) is 0.165. The molecule has 2 aromatic rings. The van der Waals surface area contributed by atoms with E-state index in [1.807, 2.05) is 30.3 Å². The summed E-state index contributed by atoms with van der Waals surface area (Å²) in [5, 5.41) is 0. The lowest BCUT2D eigenvalue weighted by Gasteiger charge is -2.29. The van der Waals surface area contributed by atoms with Gasteiger partial charge in [0, 0.05) is 0 Å². The Morgan fingerprint density at radius 1 is 0.750 bits per heavy atom. The normalized spacial score (nSPS) is 18.6. The molecular formula is C33H51NO2. The number of hydrogen-bond acceptors (Lipinski definition) is 3. The van der Waals surface area contributed by atoms with Crippen molar-refractivity contribution in [2.75, 3.05) is 12.1 Å². The Hall–Kier alpha value is -2.00. The molecule has 0 aromatic heterocycles. The predicted molar refractivity (Wildman–Crippen MR) is 154 cm³/mol. The largest absolute Gasteiger partial charge is 0.488 e. The molecule has 1 aliphatic carbocycles. The molecule has 1 aliphatic rings. The molecule has 1 fully saturated rings. The average Bonchev–Trinajstić information content (AvgIpc) is 2.92. The summed E-state index contributed by atoms with van der Waals surface area (Å²) < 4.78 is 6.43. The van der Waals surface area contributed by atoms with Crippen LogP contribution in [-0.4, -0.2) is 12.7 Å². The molecule has 1 atom stereocenters. The number of nitrogens with one attached hydrogen (secondary N) is 1. The van der Waals surface area contributed by atoms with Gasteiger partial charge in [-0.2, -0.15) is 0 Å². The van der Waals surface area contributed by atoms with Crippen molar-refractivity contribution in [1.29, 1.82) is 0 Å². The second kappa shape index (κ2) is 17.5. The van der Waals surface area contributed by atoms with Crippen molar-refractivity contribution in [2.24, 2.45) is 5.92 Å². The molecule has 2 aromatic carbocycles. The van der Waals surface area contributed by atoms with Crippen LogP contribution in [0.1, 0.15) is 122 Å². The Kier molecular flexibility index (Phi) is 13.9. The van der Waals surface area contributed by atoms with Crippen LogP contribution in [0.5, 0.6) is 5.75 Å². The summed E-state index contributed by atoms with van der Waals surface area (Å²) >= 11 is 0. The summed E-state index contributed by atoms with van der Waals surface area (Å²) in [5.41, 5.74) is 5.53. The van der Waals surface area contributed by atoms with E-state index < -0.39 is 0 Å². The Morgan fingerprint density at radius 3 is 2.14 bits per heavy atom. The van der Waals surface area contributed by atoms with Gasteiger partial charge in [-0.3, -0.25) is 10.3 Å². The van der Waals surface area contributed by atoms with Crippen LogP contribution in [-0.2, 0) is 4.84 Å². The lowest BCUT2D eigenvalue weighted by Crippen LogP contribution is -2.25. The van der Waals surface area contributed by atoms with E-state index in [2.05, 4.69) is 43.6 Å². The van der Waals surface area contributed by atoms with Crippen LogP contribution in [0.2, 0.25) is 0 Å². The van der Waals surface area contributed by atoms with E-state index in [4.69, 9.17) is 9.57 Å². The summed E-state index contributed by atoms with van der Waals surface area (Å²) in [5.74, 6) is 2.65. The first-order valence-electron chi connectivity index (χ1n) is 15.0. The third-order valence-electron chi connectivity index (χ3n) is 7.83. The van der Waals surface area contributed by atoms with Crippen molar-refractivity contribution in [1.82, 2.24) is 0 Å². The van der Waals surface area contributed by atoms with E-state index >= 15 is 0 Å². The molecule has 36 heavy (non-hydrogen) atoms. The number of hydrogen-bond donors (Lipinski definition) is 1. The van der Waals surface area contributed by atoms with Crippen molar-refractivity contribution >= 4 is 5.69 Å². The van der Waals surface area contributed by atoms with Crippen LogP contribution in [0.25, 0.3) is 0 Å². The summed E-state index contributed by atoms with van der Waals surface area (Å²) in [4.78, 5) is 5.84. The fourth-order valence-corrected chi connectivity index (χ4v) is 5.53. The van der Waals surface area contributed by atoms with Gasteiger partial charge in [-0.15, -0.1) is 0 Å². The molecule has 1 N–H and O–H groups in total. The maximum atomic E-state index is 6.43. The molecule has 0 radical (unpaired) electrons. The lowest BCUT2D eigenvalue weighted by atomic mass is 9.77. The molecular weight excluding hydrogens is 442 g/mol. The third-order valence-corrected chi connectivity index (χ3v) is 7.83. The van der Waals surface area contributed by atoms with E-state index in [9.17, 15) is 0 Å². The first-order valence-corrected chi connectivity index (χ1v) is 15.0. The van der Waals surface area contributed by atoms with E-state index in [1.54, 1.807) is 0 Å². The molecule has 1 unspecified atom stereocenters. The average molecular weight is 494 g/mol. The zero-order chi connectivity index (χ0) is 25.3. The number of rotatable bonds is 18. The van der Waals surface area contributed by atoms with Gasteiger partial charge < -0.3 is 4.74 Å². The Bertz CT molecular complexity index is 783. The Labute approximate surface area is 221 Å². The maximum absolute atomic E-state index is 6.43. The highest BCUT2D eigenvalue weighted by molar-refractivity contribution is 5.40. The van der Waals surface area contributed by atoms with Gasteiger partial charge in [0.2, 0.25) is 0 Å². The van der Waals surface area contributed by atoms with E-state index in [-0.39, 0.29) is 6.10 Å². The standard InChI is InChI=1S/C33H51NO2/c1-3-5-7-8-9-14-18-33(27-35-34-31-16-12-10-13-17-31)36-32-25-23-30(24-26-32)29-21-19-28(20-22-29)15-11-6-4-2/h10,12-13,16-17,23-26,28-29,33-34H,3-9,11,14-15,18-22,27H2,1-2H3. The topological polar surface area (TPSA) is 30.5 Å². The monoisotopic (exact) mass is 493 g/mol. The molecule has 1 saturated carbocycles. The maximum Gasteiger partial charge on any atom is 0.125 e. The first kappa shape index (κ1) is 28.6. The van der Waals surface area contributed by atoms with Gasteiger partial charge >= 0.3 is 0 Å². The molecule has 3 nitrogen and oxygen atoms in total. The van der Waals surface area contributed by atoms with Gasteiger partial charge in [-0.25, -0.2) is 0 Å². The van der Waals surface area contributed by atoms with Crippen LogP contribution in [0, 0.1) is 5.92 Å². The number of anilines is 1. The third kappa shape index (κ3) is 10.9. The van der Waals surface area contributed by atoms with Gasteiger partial charge in [0.15, 0.2) is 0 Å². The molecule has 3 heteroatoms. The summed E-state index contributed by atoms with van der Waals surface area (Å²) in [6.45, 7) is 5.11. The number of unbranched alkanes of at least 4 members (excludes halogenated alkanes) is 7. The molecule has 0 saturated heterocycles. The zero-order valence-corrected chi connectivity index (χ0v) is 23.1. The van der Waals surface area contributed by atoms with E-state index in [1.165, 1.54) is 95.5 Å². The van der Waals surface area contributed by atoms with Gasteiger partial charge in [0.1, 0.15) is 18.5 Å². The summed E-state index contributed by atoms with van der Waals surface area (Å²) in [7, 11) is 0. The van der Waals surface area contributed by atoms with Crippen LogP contribution in [0.4, 0.5) is 5.69 Å².